The molecule has 0 aliphatic rings. The standard InChI is InChI=1S/C18H17N3O2/c1-12(13-7-3-2-4-8-13)19-17(22)11-16-20-15-10-6-5-9-14(15)18(23)21-16/h2-10,12H,11H2,1H3,(H,19,22)(H,20,21,23)/t12-/m0/s1. The van der Waals surface area contributed by atoms with Gasteiger partial charge in [0.25, 0.3) is 5.56 Å². The van der Waals surface area contributed by atoms with Crippen LogP contribution >= 0.6 is 0 Å². The molecule has 0 aliphatic heterocycles. The van der Waals surface area contributed by atoms with Crippen molar-refractivity contribution in [1.29, 1.82) is 0 Å². The molecular weight excluding hydrogens is 290 g/mol. The lowest BCUT2D eigenvalue weighted by atomic mass is 10.1. The summed E-state index contributed by atoms with van der Waals surface area (Å²) < 4.78 is 0. The Kier molecular flexibility index (Phi) is 4.19. The van der Waals surface area contributed by atoms with E-state index in [9.17, 15) is 9.59 Å². The number of aromatic amines is 1. The van der Waals surface area contributed by atoms with Gasteiger partial charge in [0.1, 0.15) is 5.82 Å². The van der Waals surface area contributed by atoms with Crippen molar-refractivity contribution >= 4 is 16.8 Å². The van der Waals surface area contributed by atoms with Crippen molar-refractivity contribution in [1.82, 2.24) is 15.3 Å². The Morgan fingerprint density at radius 3 is 2.61 bits per heavy atom. The smallest absolute Gasteiger partial charge is 0.258 e. The molecule has 116 valence electrons. The zero-order valence-electron chi connectivity index (χ0n) is 12.7. The summed E-state index contributed by atoms with van der Waals surface area (Å²) in [7, 11) is 0. The first-order chi connectivity index (χ1) is 11.1. The molecule has 5 nitrogen and oxygen atoms in total. The zero-order valence-corrected chi connectivity index (χ0v) is 12.7. The monoisotopic (exact) mass is 307 g/mol. The molecule has 0 unspecified atom stereocenters. The van der Waals surface area contributed by atoms with E-state index in [1.807, 2.05) is 43.3 Å². The van der Waals surface area contributed by atoms with Crippen molar-refractivity contribution in [2.45, 2.75) is 19.4 Å². The zero-order chi connectivity index (χ0) is 16.2. The highest BCUT2D eigenvalue weighted by Gasteiger charge is 2.12. The Balaban J connectivity index is 1.74. The number of carbonyl (C=O) groups excluding carboxylic acids is 1. The SMILES string of the molecule is C[C@H](NC(=O)Cc1nc2ccccc2c(=O)[nH]1)c1ccccc1. The fourth-order valence-corrected chi connectivity index (χ4v) is 2.49. The maximum Gasteiger partial charge on any atom is 0.258 e. The van der Waals surface area contributed by atoms with Crippen LogP contribution in [0.3, 0.4) is 0 Å². The number of hydrogen-bond acceptors (Lipinski definition) is 3. The van der Waals surface area contributed by atoms with Gasteiger partial charge in [0.15, 0.2) is 0 Å². The van der Waals surface area contributed by atoms with Crippen molar-refractivity contribution in [2.75, 3.05) is 0 Å². The molecule has 0 radical (unpaired) electrons. The molecule has 1 amide bonds. The highest BCUT2D eigenvalue weighted by molar-refractivity contribution is 5.80. The van der Waals surface area contributed by atoms with E-state index in [4.69, 9.17) is 0 Å². The summed E-state index contributed by atoms with van der Waals surface area (Å²) in [5.41, 5.74) is 1.39. The van der Waals surface area contributed by atoms with Gasteiger partial charge in [-0.1, -0.05) is 42.5 Å². The minimum Gasteiger partial charge on any atom is -0.349 e. The van der Waals surface area contributed by atoms with E-state index < -0.39 is 0 Å². The molecule has 0 saturated carbocycles. The predicted octanol–water partition coefficient (Wildman–Crippen LogP) is 2.34. The van der Waals surface area contributed by atoms with E-state index in [0.29, 0.717) is 16.7 Å². The second kappa shape index (κ2) is 6.44. The van der Waals surface area contributed by atoms with Gasteiger partial charge in [-0.25, -0.2) is 4.98 Å². The number of carbonyl (C=O) groups is 1. The fraction of sp³-hybridized carbons (Fsp3) is 0.167. The summed E-state index contributed by atoms with van der Waals surface area (Å²) in [6.45, 7) is 1.92. The summed E-state index contributed by atoms with van der Waals surface area (Å²) in [6, 6.07) is 16.7. The average Bonchev–Trinajstić information content (AvgIpc) is 2.55. The lowest BCUT2D eigenvalue weighted by molar-refractivity contribution is -0.121. The normalized spacial score (nSPS) is 12.0. The molecule has 0 fully saturated rings. The van der Waals surface area contributed by atoms with Gasteiger partial charge in [0.05, 0.1) is 23.4 Å². The highest BCUT2D eigenvalue weighted by Crippen LogP contribution is 2.11. The van der Waals surface area contributed by atoms with E-state index >= 15 is 0 Å². The molecule has 0 aliphatic carbocycles. The van der Waals surface area contributed by atoms with Crippen molar-refractivity contribution in [3.63, 3.8) is 0 Å². The molecule has 3 aromatic rings. The summed E-state index contributed by atoms with van der Waals surface area (Å²) in [5.74, 6) is 0.186. The molecule has 23 heavy (non-hydrogen) atoms. The van der Waals surface area contributed by atoms with Crippen LogP contribution in [0, 0.1) is 0 Å². The number of hydrogen-bond donors (Lipinski definition) is 2. The Bertz CT molecular complexity index is 887. The Hall–Kier alpha value is -2.95. The second-order valence-corrected chi connectivity index (χ2v) is 5.41. The van der Waals surface area contributed by atoms with Crippen LogP contribution < -0.4 is 10.9 Å². The van der Waals surface area contributed by atoms with Gasteiger partial charge < -0.3 is 10.3 Å². The Labute approximate surface area is 133 Å². The van der Waals surface area contributed by atoms with E-state index in [1.165, 1.54) is 0 Å². The molecule has 5 heteroatoms. The molecule has 2 aromatic carbocycles. The van der Waals surface area contributed by atoms with Gasteiger partial charge in [-0.2, -0.15) is 0 Å². The topological polar surface area (TPSA) is 74.8 Å². The first-order valence-corrected chi connectivity index (χ1v) is 7.46. The van der Waals surface area contributed by atoms with Crippen LogP contribution in [-0.2, 0) is 11.2 Å². The summed E-state index contributed by atoms with van der Waals surface area (Å²) >= 11 is 0. The molecule has 3 rings (SSSR count). The molecule has 0 spiro atoms. The fourth-order valence-electron chi connectivity index (χ4n) is 2.49. The number of fused-ring (bicyclic) bond motifs is 1. The van der Waals surface area contributed by atoms with Crippen LogP contribution in [0.2, 0.25) is 0 Å². The Morgan fingerprint density at radius 1 is 1.13 bits per heavy atom. The van der Waals surface area contributed by atoms with Gasteiger partial charge >= 0.3 is 0 Å². The highest BCUT2D eigenvalue weighted by atomic mass is 16.1. The predicted molar refractivity (Wildman–Crippen MR) is 89.1 cm³/mol. The largest absolute Gasteiger partial charge is 0.349 e. The van der Waals surface area contributed by atoms with Crippen LogP contribution in [0.15, 0.2) is 59.4 Å². The third kappa shape index (κ3) is 3.45. The summed E-state index contributed by atoms with van der Waals surface area (Å²) in [6.07, 6.45) is 0.0389. The Morgan fingerprint density at radius 2 is 1.83 bits per heavy atom. The van der Waals surface area contributed by atoms with Crippen molar-refractivity contribution in [3.8, 4) is 0 Å². The number of amides is 1. The maximum absolute atomic E-state index is 12.2. The van der Waals surface area contributed by atoms with Crippen molar-refractivity contribution < 1.29 is 4.79 Å². The minimum atomic E-state index is -0.227. The molecular formula is C18H17N3O2. The molecule has 2 N–H and O–H groups in total. The number of rotatable bonds is 4. The number of para-hydroxylation sites is 1. The summed E-state index contributed by atoms with van der Waals surface area (Å²) in [4.78, 5) is 31.2. The first-order valence-electron chi connectivity index (χ1n) is 7.46. The number of aromatic nitrogens is 2. The van der Waals surface area contributed by atoms with Gasteiger partial charge in [-0.3, -0.25) is 9.59 Å². The number of nitrogens with zero attached hydrogens (tertiary/aromatic N) is 1. The van der Waals surface area contributed by atoms with Gasteiger partial charge in [-0.05, 0) is 24.6 Å². The quantitative estimate of drug-likeness (QED) is 0.777. The molecule has 1 aromatic heterocycles. The average molecular weight is 307 g/mol. The van der Waals surface area contributed by atoms with E-state index in [-0.39, 0.29) is 23.9 Å². The van der Waals surface area contributed by atoms with E-state index in [2.05, 4.69) is 15.3 Å². The molecule has 0 bridgehead atoms. The van der Waals surface area contributed by atoms with Gasteiger partial charge in [0, 0.05) is 0 Å². The minimum absolute atomic E-state index is 0.0389. The second-order valence-electron chi connectivity index (χ2n) is 5.41. The molecule has 1 heterocycles. The lowest BCUT2D eigenvalue weighted by Crippen LogP contribution is -2.29. The number of H-pyrrole nitrogens is 1. The van der Waals surface area contributed by atoms with Crippen molar-refractivity contribution in [2.24, 2.45) is 0 Å². The number of nitrogens with one attached hydrogen (secondary N) is 2. The van der Waals surface area contributed by atoms with Crippen LogP contribution in [-0.4, -0.2) is 15.9 Å². The molecule has 1 atom stereocenters. The molecule has 0 saturated heterocycles. The van der Waals surface area contributed by atoms with Crippen LogP contribution in [0.25, 0.3) is 10.9 Å². The van der Waals surface area contributed by atoms with E-state index in [0.717, 1.165) is 5.56 Å². The number of benzene rings is 2. The lowest BCUT2D eigenvalue weighted by Gasteiger charge is -2.14. The van der Waals surface area contributed by atoms with E-state index in [1.54, 1.807) is 18.2 Å². The van der Waals surface area contributed by atoms with Crippen molar-refractivity contribution in [3.05, 3.63) is 76.3 Å². The first kappa shape index (κ1) is 15.0. The van der Waals surface area contributed by atoms with Gasteiger partial charge in [-0.15, -0.1) is 0 Å². The third-order valence-electron chi connectivity index (χ3n) is 3.67. The summed E-state index contributed by atoms with van der Waals surface area (Å²) in [5, 5.41) is 3.43. The van der Waals surface area contributed by atoms with Gasteiger partial charge in [0.2, 0.25) is 5.91 Å². The van der Waals surface area contributed by atoms with Crippen LogP contribution in [0.5, 0.6) is 0 Å². The maximum atomic E-state index is 12.2. The van der Waals surface area contributed by atoms with Crippen LogP contribution in [0.1, 0.15) is 24.4 Å². The third-order valence-corrected chi connectivity index (χ3v) is 3.67. The van der Waals surface area contributed by atoms with Crippen LogP contribution in [0.4, 0.5) is 0 Å².